The highest BCUT2D eigenvalue weighted by atomic mass is 79.9. The fourth-order valence-electron chi connectivity index (χ4n) is 4.76. The molecular weight excluding hydrogens is 474 g/mol. The first-order valence-corrected chi connectivity index (χ1v) is 13.7. The maximum atomic E-state index is 5.51. The molecule has 0 N–H and O–H groups in total. The van der Waals surface area contributed by atoms with Crippen molar-refractivity contribution >= 4 is 26.8 Å². The van der Waals surface area contributed by atoms with E-state index >= 15 is 0 Å². The number of fused-ring (bicyclic) bond motifs is 1. The summed E-state index contributed by atoms with van der Waals surface area (Å²) >= 11 is 3.52. The van der Waals surface area contributed by atoms with Gasteiger partial charge in [0.15, 0.2) is 0 Å². The largest absolute Gasteiger partial charge is 0.497 e. The standard InChI is InChI=1S/C29H40BrNO2/c1-23-27-22-26(33-3)18-19-28(27)31(29(23)24-14-16-25(32-2)17-15-24)21-13-11-9-7-5-4-6-8-10-12-20-30/h14-19,22H,4-13,20-21H2,1-3H3. The second kappa shape index (κ2) is 13.7. The SMILES string of the molecule is COc1ccc(-c2c(C)c3cc(OC)ccc3n2CCCCCCCCCCCCBr)cc1. The molecule has 1 heterocycles. The molecule has 0 saturated heterocycles. The van der Waals surface area contributed by atoms with Gasteiger partial charge in [0.2, 0.25) is 0 Å². The number of aromatic nitrogens is 1. The quantitative estimate of drug-likeness (QED) is 0.149. The molecule has 3 aromatic rings. The van der Waals surface area contributed by atoms with Crippen LogP contribution in [0.1, 0.15) is 69.8 Å². The lowest BCUT2D eigenvalue weighted by Gasteiger charge is -2.13. The number of nitrogens with zero attached hydrogens (tertiary/aromatic N) is 1. The lowest BCUT2D eigenvalue weighted by molar-refractivity contribution is 0.415. The van der Waals surface area contributed by atoms with Crippen molar-refractivity contribution in [3.63, 3.8) is 0 Å². The summed E-state index contributed by atoms with van der Waals surface area (Å²) in [5, 5.41) is 2.43. The number of unbranched alkanes of at least 4 members (excludes halogenated alkanes) is 9. The first kappa shape index (κ1) is 25.7. The number of benzene rings is 2. The average Bonchev–Trinajstić information content (AvgIpc) is 3.13. The van der Waals surface area contributed by atoms with E-state index in [2.05, 4.69) is 69.9 Å². The van der Waals surface area contributed by atoms with Gasteiger partial charge in [-0.2, -0.15) is 0 Å². The van der Waals surface area contributed by atoms with Crippen LogP contribution in [0, 0.1) is 6.92 Å². The molecule has 0 bridgehead atoms. The topological polar surface area (TPSA) is 23.4 Å². The van der Waals surface area contributed by atoms with E-state index in [1.54, 1.807) is 14.2 Å². The molecule has 0 amide bonds. The predicted molar refractivity (Wildman–Crippen MR) is 145 cm³/mol. The second-order valence-corrected chi connectivity index (χ2v) is 9.75. The predicted octanol–water partition coefficient (Wildman–Crippen LogP) is 8.93. The molecule has 180 valence electrons. The Kier molecular flexibility index (Phi) is 10.7. The van der Waals surface area contributed by atoms with E-state index in [0.717, 1.165) is 23.4 Å². The molecule has 0 fully saturated rings. The summed E-state index contributed by atoms with van der Waals surface area (Å²) in [6.07, 6.45) is 13.5. The number of rotatable bonds is 15. The molecule has 0 spiro atoms. The normalized spacial score (nSPS) is 11.3. The molecule has 0 atom stereocenters. The summed E-state index contributed by atoms with van der Waals surface area (Å²) < 4.78 is 13.4. The number of alkyl halides is 1. The molecule has 33 heavy (non-hydrogen) atoms. The molecule has 0 radical (unpaired) electrons. The van der Waals surface area contributed by atoms with Gasteiger partial charge in [-0.3, -0.25) is 0 Å². The summed E-state index contributed by atoms with van der Waals surface area (Å²) in [4.78, 5) is 0. The number of hydrogen-bond donors (Lipinski definition) is 0. The summed E-state index contributed by atoms with van der Waals surface area (Å²) in [6.45, 7) is 3.28. The van der Waals surface area contributed by atoms with E-state index in [1.165, 1.54) is 91.9 Å². The molecule has 3 nitrogen and oxygen atoms in total. The zero-order chi connectivity index (χ0) is 23.5. The third-order valence-electron chi connectivity index (χ3n) is 6.65. The van der Waals surface area contributed by atoms with Crippen molar-refractivity contribution < 1.29 is 9.47 Å². The highest BCUT2D eigenvalue weighted by Gasteiger charge is 2.16. The minimum Gasteiger partial charge on any atom is -0.497 e. The second-order valence-electron chi connectivity index (χ2n) is 8.96. The molecular formula is C29H40BrNO2. The fourth-order valence-corrected chi connectivity index (χ4v) is 5.16. The van der Waals surface area contributed by atoms with Crippen LogP contribution < -0.4 is 9.47 Å². The maximum absolute atomic E-state index is 5.51. The maximum Gasteiger partial charge on any atom is 0.119 e. The number of aryl methyl sites for hydroxylation is 2. The smallest absolute Gasteiger partial charge is 0.119 e. The molecule has 0 unspecified atom stereocenters. The van der Waals surface area contributed by atoms with Gasteiger partial charge in [-0.1, -0.05) is 67.3 Å². The van der Waals surface area contributed by atoms with Gasteiger partial charge < -0.3 is 14.0 Å². The van der Waals surface area contributed by atoms with Crippen molar-refractivity contribution in [2.24, 2.45) is 0 Å². The molecule has 1 aromatic heterocycles. The van der Waals surface area contributed by atoms with Crippen LogP contribution in [0.5, 0.6) is 11.5 Å². The van der Waals surface area contributed by atoms with Crippen LogP contribution in [0.15, 0.2) is 42.5 Å². The summed E-state index contributed by atoms with van der Waals surface area (Å²) in [5.41, 5.74) is 5.16. The highest BCUT2D eigenvalue weighted by Crippen LogP contribution is 2.36. The average molecular weight is 515 g/mol. The minimum atomic E-state index is 0.892. The van der Waals surface area contributed by atoms with E-state index in [9.17, 15) is 0 Å². The third kappa shape index (κ3) is 7.02. The van der Waals surface area contributed by atoms with Gasteiger partial charge in [-0.15, -0.1) is 0 Å². The van der Waals surface area contributed by atoms with Crippen LogP contribution in [0.25, 0.3) is 22.2 Å². The lowest BCUT2D eigenvalue weighted by atomic mass is 10.1. The number of methoxy groups -OCH3 is 2. The third-order valence-corrected chi connectivity index (χ3v) is 7.21. The Morgan fingerprint density at radius 1 is 0.697 bits per heavy atom. The Labute approximate surface area is 208 Å². The van der Waals surface area contributed by atoms with Gasteiger partial charge in [-0.05, 0) is 73.4 Å². The zero-order valence-electron chi connectivity index (χ0n) is 20.7. The Balaban J connectivity index is 1.63. The first-order valence-electron chi connectivity index (χ1n) is 12.6. The van der Waals surface area contributed by atoms with E-state index in [4.69, 9.17) is 9.47 Å². The fraction of sp³-hybridized carbons (Fsp3) is 0.517. The van der Waals surface area contributed by atoms with Crippen LogP contribution in [-0.4, -0.2) is 24.1 Å². The van der Waals surface area contributed by atoms with E-state index in [-0.39, 0.29) is 0 Å². The molecule has 3 rings (SSSR count). The monoisotopic (exact) mass is 513 g/mol. The number of halogens is 1. The first-order chi connectivity index (χ1) is 16.2. The molecule has 0 aliphatic rings. The number of hydrogen-bond acceptors (Lipinski definition) is 2. The van der Waals surface area contributed by atoms with Gasteiger partial charge >= 0.3 is 0 Å². The van der Waals surface area contributed by atoms with E-state index < -0.39 is 0 Å². The minimum absolute atomic E-state index is 0.892. The van der Waals surface area contributed by atoms with Crippen molar-refractivity contribution in [3.05, 3.63) is 48.0 Å². The molecule has 4 heteroatoms. The van der Waals surface area contributed by atoms with Gasteiger partial charge in [0.1, 0.15) is 11.5 Å². The lowest BCUT2D eigenvalue weighted by Crippen LogP contribution is -2.01. The highest BCUT2D eigenvalue weighted by molar-refractivity contribution is 9.09. The van der Waals surface area contributed by atoms with E-state index in [0.29, 0.717) is 0 Å². The summed E-state index contributed by atoms with van der Waals surface area (Å²) in [5.74, 6) is 1.81. The van der Waals surface area contributed by atoms with Gasteiger partial charge in [0.05, 0.1) is 19.9 Å². The molecule has 0 aliphatic heterocycles. The Morgan fingerprint density at radius 2 is 1.24 bits per heavy atom. The Hall–Kier alpha value is -1.94. The van der Waals surface area contributed by atoms with Gasteiger partial charge in [-0.25, -0.2) is 0 Å². The summed E-state index contributed by atoms with van der Waals surface area (Å²) in [6, 6.07) is 14.9. The van der Waals surface area contributed by atoms with Crippen molar-refractivity contribution in [3.8, 4) is 22.8 Å². The van der Waals surface area contributed by atoms with Crippen LogP contribution in [0.2, 0.25) is 0 Å². The van der Waals surface area contributed by atoms with Crippen molar-refractivity contribution in [1.82, 2.24) is 4.57 Å². The van der Waals surface area contributed by atoms with Crippen LogP contribution in [0.3, 0.4) is 0 Å². The Bertz CT molecular complexity index is 977. The van der Waals surface area contributed by atoms with Crippen LogP contribution in [0.4, 0.5) is 0 Å². The molecule has 0 saturated carbocycles. The van der Waals surface area contributed by atoms with Gasteiger partial charge in [0, 0.05) is 22.8 Å². The van der Waals surface area contributed by atoms with Crippen LogP contribution in [-0.2, 0) is 6.54 Å². The number of ether oxygens (including phenoxy) is 2. The zero-order valence-corrected chi connectivity index (χ0v) is 22.3. The molecule has 0 aliphatic carbocycles. The van der Waals surface area contributed by atoms with Gasteiger partial charge in [0.25, 0.3) is 0 Å². The van der Waals surface area contributed by atoms with Crippen molar-refractivity contribution in [2.45, 2.75) is 77.7 Å². The molecule has 2 aromatic carbocycles. The van der Waals surface area contributed by atoms with Crippen molar-refractivity contribution in [1.29, 1.82) is 0 Å². The Morgan fingerprint density at radius 3 is 1.82 bits per heavy atom. The summed E-state index contributed by atoms with van der Waals surface area (Å²) in [7, 11) is 3.45. The van der Waals surface area contributed by atoms with E-state index in [1.807, 2.05) is 0 Å². The van der Waals surface area contributed by atoms with Crippen molar-refractivity contribution in [2.75, 3.05) is 19.5 Å². The van der Waals surface area contributed by atoms with Crippen LogP contribution >= 0.6 is 15.9 Å².